The molecule has 0 saturated carbocycles. The first-order chi connectivity index (χ1) is 6.95. The molecule has 0 spiro atoms. The highest BCUT2D eigenvalue weighted by molar-refractivity contribution is 5.70. The molecule has 1 fully saturated rings. The summed E-state index contributed by atoms with van der Waals surface area (Å²) in [7, 11) is 0. The Balaban J connectivity index is 2.11. The molecule has 3 heterocycles. The van der Waals surface area contributed by atoms with Gasteiger partial charge >= 0.3 is 0 Å². The van der Waals surface area contributed by atoms with Crippen molar-refractivity contribution in [3.63, 3.8) is 0 Å². The van der Waals surface area contributed by atoms with Crippen LogP contribution in [0.15, 0.2) is 10.9 Å². The number of fused-ring (bicyclic) bond motifs is 1. The minimum absolute atomic E-state index is 0.396. The lowest BCUT2D eigenvalue weighted by atomic mass is 10.0. The van der Waals surface area contributed by atoms with Crippen LogP contribution in [0.1, 0.15) is 18.0 Å². The average molecular weight is 191 g/mol. The zero-order chi connectivity index (χ0) is 9.38. The molecule has 1 aliphatic heterocycles. The summed E-state index contributed by atoms with van der Waals surface area (Å²) in [5, 5.41) is 14.7. The Morgan fingerprint density at radius 2 is 2.50 bits per heavy atom. The summed E-state index contributed by atoms with van der Waals surface area (Å²) in [4.78, 5) is 4.13. The molecule has 2 aromatic rings. The molecular weight excluding hydrogens is 182 g/mol. The number of hydrogen-bond donors (Lipinski definition) is 1. The smallest absolute Gasteiger partial charge is 0.295 e. The van der Waals surface area contributed by atoms with Gasteiger partial charge in [0.05, 0.1) is 0 Å². The molecule has 14 heavy (non-hydrogen) atoms. The van der Waals surface area contributed by atoms with Crippen molar-refractivity contribution in [1.29, 1.82) is 0 Å². The van der Waals surface area contributed by atoms with Gasteiger partial charge in [0, 0.05) is 12.5 Å². The maximum Gasteiger partial charge on any atom is 0.295 e. The molecule has 1 N–H and O–H groups in total. The highest BCUT2D eigenvalue weighted by Gasteiger charge is 2.23. The molecule has 0 aromatic carbocycles. The summed E-state index contributed by atoms with van der Waals surface area (Å²) in [5.74, 6) is 0.396. The van der Waals surface area contributed by atoms with Crippen LogP contribution in [0, 0.1) is 0 Å². The minimum Gasteiger partial charge on any atom is -0.332 e. The van der Waals surface area contributed by atoms with Crippen molar-refractivity contribution >= 4 is 11.2 Å². The molecule has 2 aromatic heterocycles. The lowest BCUT2D eigenvalue weighted by Gasteiger charge is -2.01. The van der Waals surface area contributed by atoms with Crippen LogP contribution in [0.2, 0.25) is 0 Å². The third-order valence-corrected chi connectivity index (χ3v) is 2.51. The van der Waals surface area contributed by atoms with Crippen LogP contribution < -0.4 is 5.32 Å². The molecule has 1 unspecified atom stereocenters. The number of nitrogens with one attached hydrogen (secondary N) is 1. The first-order valence-corrected chi connectivity index (χ1v) is 4.59. The Bertz CT molecular complexity index is 448. The van der Waals surface area contributed by atoms with Gasteiger partial charge in [0.2, 0.25) is 0 Å². The average Bonchev–Trinajstić information content (AvgIpc) is 2.85. The predicted molar refractivity (Wildman–Crippen MR) is 47.6 cm³/mol. The Morgan fingerprint density at radius 3 is 3.36 bits per heavy atom. The van der Waals surface area contributed by atoms with Gasteiger partial charge in [-0.25, -0.2) is 4.98 Å². The van der Waals surface area contributed by atoms with Crippen molar-refractivity contribution in [2.45, 2.75) is 12.3 Å². The van der Waals surface area contributed by atoms with E-state index in [2.05, 4.69) is 25.7 Å². The van der Waals surface area contributed by atoms with E-state index in [0.29, 0.717) is 11.6 Å². The highest BCUT2D eigenvalue weighted by Crippen LogP contribution is 2.25. The molecule has 0 aliphatic carbocycles. The fourth-order valence-electron chi connectivity index (χ4n) is 1.79. The fraction of sp³-hybridized carbons (Fsp3) is 0.500. The summed E-state index contributed by atoms with van der Waals surface area (Å²) < 4.78 is 5.05. The van der Waals surface area contributed by atoms with Gasteiger partial charge in [0.1, 0.15) is 12.0 Å². The second-order valence-electron chi connectivity index (χ2n) is 3.37. The van der Waals surface area contributed by atoms with Gasteiger partial charge in [-0.05, 0) is 13.0 Å². The van der Waals surface area contributed by atoms with Crippen LogP contribution in [0.4, 0.5) is 0 Å². The lowest BCUT2D eigenvalue weighted by molar-refractivity contribution is 0.429. The van der Waals surface area contributed by atoms with E-state index in [0.717, 1.165) is 30.7 Å². The molecule has 6 heteroatoms. The van der Waals surface area contributed by atoms with E-state index < -0.39 is 0 Å². The monoisotopic (exact) mass is 191 g/mol. The molecule has 1 atom stereocenters. The van der Waals surface area contributed by atoms with E-state index in [9.17, 15) is 0 Å². The van der Waals surface area contributed by atoms with Gasteiger partial charge in [-0.2, -0.15) is 0 Å². The Hall–Kier alpha value is -1.56. The molecular formula is C8H9N5O. The number of rotatable bonds is 1. The van der Waals surface area contributed by atoms with E-state index in [1.807, 2.05) is 0 Å². The predicted octanol–water partition coefficient (Wildman–Crippen LogP) is 0.0897. The number of hydrogen-bond acceptors (Lipinski definition) is 6. The largest absolute Gasteiger partial charge is 0.332 e. The third kappa shape index (κ3) is 1.07. The van der Waals surface area contributed by atoms with Crippen molar-refractivity contribution in [3.8, 4) is 0 Å². The molecule has 0 radical (unpaired) electrons. The van der Waals surface area contributed by atoms with Crippen LogP contribution in [0.3, 0.4) is 0 Å². The van der Waals surface area contributed by atoms with Crippen molar-refractivity contribution in [1.82, 2.24) is 25.7 Å². The third-order valence-electron chi connectivity index (χ3n) is 2.51. The van der Waals surface area contributed by atoms with Crippen molar-refractivity contribution < 1.29 is 4.52 Å². The molecule has 1 saturated heterocycles. The second kappa shape index (κ2) is 2.98. The maximum absolute atomic E-state index is 5.05. The van der Waals surface area contributed by atoms with E-state index in [4.69, 9.17) is 4.52 Å². The summed E-state index contributed by atoms with van der Waals surface area (Å²) in [6.45, 7) is 1.96. The topological polar surface area (TPSA) is 76.7 Å². The molecule has 6 nitrogen and oxygen atoms in total. The van der Waals surface area contributed by atoms with E-state index in [1.54, 1.807) is 0 Å². The van der Waals surface area contributed by atoms with E-state index in [-0.39, 0.29) is 0 Å². The number of aromatic nitrogens is 4. The van der Waals surface area contributed by atoms with E-state index >= 15 is 0 Å². The zero-order valence-corrected chi connectivity index (χ0v) is 7.47. The fourth-order valence-corrected chi connectivity index (χ4v) is 1.79. The summed E-state index contributed by atoms with van der Waals surface area (Å²) in [6.07, 6.45) is 2.50. The standard InChI is InChI=1S/C8H9N5O/c1-2-9-3-5(1)6-7-8(14-13-6)12-11-4-10-7/h4-5,9H,1-3H2. The van der Waals surface area contributed by atoms with E-state index in [1.165, 1.54) is 6.33 Å². The van der Waals surface area contributed by atoms with Crippen LogP contribution in [-0.2, 0) is 0 Å². The SMILES string of the molecule is c1nnc2onc(C3CCNC3)c2n1. The Kier molecular flexibility index (Phi) is 1.66. The quantitative estimate of drug-likeness (QED) is 0.688. The minimum atomic E-state index is 0.396. The molecule has 1 aliphatic rings. The molecule has 0 bridgehead atoms. The lowest BCUT2D eigenvalue weighted by Crippen LogP contribution is -2.08. The Morgan fingerprint density at radius 1 is 1.50 bits per heavy atom. The zero-order valence-electron chi connectivity index (χ0n) is 7.47. The number of nitrogens with zero attached hydrogens (tertiary/aromatic N) is 4. The van der Waals surface area contributed by atoms with Crippen molar-refractivity contribution in [2.75, 3.05) is 13.1 Å². The summed E-state index contributed by atoms with van der Waals surface area (Å²) in [5.41, 5.74) is 2.07. The van der Waals surface area contributed by atoms with Gasteiger partial charge in [-0.3, -0.25) is 0 Å². The van der Waals surface area contributed by atoms with Crippen LogP contribution in [0.5, 0.6) is 0 Å². The van der Waals surface area contributed by atoms with Gasteiger partial charge in [-0.1, -0.05) is 5.16 Å². The van der Waals surface area contributed by atoms with Gasteiger partial charge < -0.3 is 9.84 Å². The van der Waals surface area contributed by atoms with Crippen LogP contribution >= 0.6 is 0 Å². The molecule has 72 valence electrons. The highest BCUT2D eigenvalue weighted by atomic mass is 16.5. The van der Waals surface area contributed by atoms with Gasteiger partial charge in [-0.15, -0.1) is 10.2 Å². The van der Waals surface area contributed by atoms with Crippen molar-refractivity contribution in [3.05, 3.63) is 12.0 Å². The summed E-state index contributed by atoms with van der Waals surface area (Å²) in [6, 6.07) is 0. The van der Waals surface area contributed by atoms with Crippen molar-refractivity contribution in [2.24, 2.45) is 0 Å². The Labute approximate surface area is 79.7 Å². The normalized spacial score (nSPS) is 21.9. The van der Waals surface area contributed by atoms with Gasteiger partial charge in [0.15, 0.2) is 5.52 Å². The maximum atomic E-state index is 5.05. The molecule has 0 amide bonds. The first-order valence-electron chi connectivity index (χ1n) is 4.59. The first kappa shape index (κ1) is 7.81. The second-order valence-corrected chi connectivity index (χ2v) is 3.37. The van der Waals surface area contributed by atoms with Crippen LogP contribution in [0.25, 0.3) is 11.2 Å². The van der Waals surface area contributed by atoms with Gasteiger partial charge in [0.25, 0.3) is 5.71 Å². The molecule has 3 rings (SSSR count). The van der Waals surface area contributed by atoms with Crippen LogP contribution in [-0.4, -0.2) is 33.4 Å². The summed E-state index contributed by atoms with van der Waals surface area (Å²) >= 11 is 0.